The molecule has 1 atom stereocenters. The van der Waals surface area contributed by atoms with Gasteiger partial charge in [-0.1, -0.05) is 13.8 Å². The standard InChI is InChI=1S/C11H22N2O/c1-3-10(2)11(14)9-13-7-4-5-12-6-8-13/h10,12H,3-9H2,1-2H3. The number of hydrogen-bond donors (Lipinski definition) is 1. The molecule has 0 aromatic carbocycles. The number of ketones is 1. The highest BCUT2D eigenvalue weighted by Crippen LogP contribution is 2.04. The summed E-state index contributed by atoms with van der Waals surface area (Å²) in [6, 6.07) is 0. The predicted octanol–water partition coefficient (Wildman–Crippen LogP) is 0.897. The van der Waals surface area contributed by atoms with E-state index in [9.17, 15) is 4.79 Å². The van der Waals surface area contributed by atoms with Crippen LogP contribution in [0, 0.1) is 5.92 Å². The van der Waals surface area contributed by atoms with Gasteiger partial charge in [0, 0.05) is 19.0 Å². The molecule has 82 valence electrons. The van der Waals surface area contributed by atoms with Gasteiger partial charge in [-0.3, -0.25) is 9.69 Å². The number of hydrogen-bond acceptors (Lipinski definition) is 3. The van der Waals surface area contributed by atoms with E-state index in [-0.39, 0.29) is 5.92 Å². The average molecular weight is 198 g/mol. The van der Waals surface area contributed by atoms with Crippen LogP contribution < -0.4 is 5.32 Å². The fourth-order valence-corrected chi connectivity index (χ4v) is 1.66. The molecule has 0 aromatic rings. The van der Waals surface area contributed by atoms with Crippen molar-refractivity contribution in [2.45, 2.75) is 26.7 Å². The van der Waals surface area contributed by atoms with Crippen LogP contribution in [0.2, 0.25) is 0 Å². The number of nitrogens with zero attached hydrogens (tertiary/aromatic N) is 1. The van der Waals surface area contributed by atoms with E-state index in [4.69, 9.17) is 0 Å². The first-order valence-electron chi connectivity index (χ1n) is 5.69. The van der Waals surface area contributed by atoms with E-state index < -0.39 is 0 Å². The number of rotatable bonds is 4. The zero-order valence-electron chi connectivity index (χ0n) is 9.38. The lowest BCUT2D eigenvalue weighted by atomic mass is 10.0. The van der Waals surface area contributed by atoms with Crippen LogP contribution in [-0.4, -0.2) is 43.4 Å². The summed E-state index contributed by atoms with van der Waals surface area (Å²) < 4.78 is 0. The summed E-state index contributed by atoms with van der Waals surface area (Å²) in [7, 11) is 0. The molecule has 0 bridgehead atoms. The van der Waals surface area contributed by atoms with E-state index >= 15 is 0 Å². The molecule has 0 aliphatic carbocycles. The molecule has 1 aliphatic heterocycles. The Hall–Kier alpha value is -0.410. The largest absolute Gasteiger partial charge is 0.315 e. The number of carbonyl (C=O) groups excluding carboxylic acids is 1. The molecule has 0 spiro atoms. The van der Waals surface area contributed by atoms with Crippen molar-refractivity contribution in [3.63, 3.8) is 0 Å². The molecule has 1 aliphatic rings. The lowest BCUT2D eigenvalue weighted by Gasteiger charge is -2.20. The third kappa shape index (κ3) is 3.76. The summed E-state index contributed by atoms with van der Waals surface area (Å²) in [4.78, 5) is 14.0. The van der Waals surface area contributed by atoms with Gasteiger partial charge in [0.1, 0.15) is 5.78 Å². The molecule has 1 heterocycles. The lowest BCUT2D eigenvalue weighted by molar-refractivity contribution is -0.123. The van der Waals surface area contributed by atoms with Crippen LogP contribution in [0.3, 0.4) is 0 Å². The number of carbonyl (C=O) groups is 1. The third-order valence-electron chi connectivity index (χ3n) is 2.97. The van der Waals surface area contributed by atoms with Crippen molar-refractivity contribution < 1.29 is 4.79 Å². The van der Waals surface area contributed by atoms with Gasteiger partial charge in [-0.15, -0.1) is 0 Å². The Morgan fingerprint density at radius 2 is 2.21 bits per heavy atom. The van der Waals surface area contributed by atoms with Crippen LogP contribution in [0.4, 0.5) is 0 Å². The molecule has 0 aromatic heterocycles. The summed E-state index contributed by atoms with van der Waals surface area (Å²) in [5.41, 5.74) is 0. The van der Waals surface area contributed by atoms with Crippen LogP contribution in [-0.2, 0) is 4.79 Å². The molecule has 0 radical (unpaired) electrons. The minimum absolute atomic E-state index is 0.228. The highest BCUT2D eigenvalue weighted by atomic mass is 16.1. The smallest absolute Gasteiger partial charge is 0.149 e. The molecule has 1 fully saturated rings. The molecule has 14 heavy (non-hydrogen) atoms. The normalized spacial score (nSPS) is 21.6. The second-order valence-electron chi connectivity index (χ2n) is 4.16. The van der Waals surface area contributed by atoms with E-state index in [1.165, 1.54) is 0 Å². The van der Waals surface area contributed by atoms with Crippen molar-refractivity contribution in [2.24, 2.45) is 5.92 Å². The molecular formula is C11H22N2O. The highest BCUT2D eigenvalue weighted by Gasteiger charge is 2.16. The lowest BCUT2D eigenvalue weighted by Crippen LogP contribution is -2.35. The quantitative estimate of drug-likeness (QED) is 0.728. The topological polar surface area (TPSA) is 32.3 Å². The highest BCUT2D eigenvalue weighted by molar-refractivity contribution is 5.82. The molecule has 3 nitrogen and oxygen atoms in total. The van der Waals surface area contributed by atoms with Gasteiger partial charge in [0.2, 0.25) is 0 Å². The first-order chi connectivity index (χ1) is 6.74. The molecule has 3 heteroatoms. The molecule has 1 saturated heterocycles. The van der Waals surface area contributed by atoms with Gasteiger partial charge in [0.05, 0.1) is 6.54 Å². The van der Waals surface area contributed by atoms with Crippen molar-refractivity contribution in [2.75, 3.05) is 32.7 Å². The molecule has 0 saturated carbocycles. The summed E-state index contributed by atoms with van der Waals surface area (Å²) in [6.07, 6.45) is 2.12. The third-order valence-corrected chi connectivity index (χ3v) is 2.97. The molecule has 1 rings (SSSR count). The number of nitrogens with one attached hydrogen (secondary N) is 1. The minimum atomic E-state index is 0.228. The summed E-state index contributed by atoms with van der Waals surface area (Å²) in [5, 5.41) is 3.34. The van der Waals surface area contributed by atoms with Gasteiger partial charge in [0.25, 0.3) is 0 Å². The van der Waals surface area contributed by atoms with Gasteiger partial charge in [-0.05, 0) is 25.9 Å². The van der Waals surface area contributed by atoms with E-state index in [1.807, 2.05) is 6.92 Å². The fourth-order valence-electron chi connectivity index (χ4n) is 1.66. The van der Waals surface area contributed by atoms with E-state index in [0.717, 1.165) is 39.0 Å². The maximum atomic E-state index is 11.7. The van der Waals surface area contributed by atoms with Gasteiger partial charge >= 0.3 is 0 Å². The van der Waals surface area contributed by atoms with Crippen LogP contribution in [0.25, 0.3) is 0 Å². The van der Waals surface area contributed by atoms with Crippen molar-refractivity contribution in [3.8, 4) is 0 Å². The molecule has 1 unspecified atom stereocenters. The Balaban J connectivity index is 2.30. The first-order valence-corrected chi connectivity index (χ1v) is 5.69. The van der Waals surface area contributed by atoms with Gasteiger partial charge in [-0.2, -0.15) is 0 Å². The van der Waals surface area contributed by atoms with E-state index in [2.05, 4.69) is 17.1 Å². The zero-order valence-corrected chi connectivity index (χ0v) is 9.38. The Bertz CT molecular complexity index is 174. The second kappa shape index (κ2) is 6.14. The fraction of sp³-hybridized carbons (Fsp3) is 0.909. The monoisotopic (exact) mass is 198 g/mol. The number of Topliss-reactive ketones (excluding diaryl/α,β-unsaturated/α-hetero) is 1. The Morgan fingerprint density at radius 1 is 1.43 bits per heavy atom. The molecular weight excluding hydrogens is 176 g/mol. The second-order valence-corrected chi connectivity index (χ2v) is 4.16. The van der Waals surface area contributed by atoms with Crippen molar-refractivity contribution in [3.05, 3.63) is 0 Å². The molecule has 1 N–H and O–H groups in total. The Morgan fingerprint density at radius 3 is 2.93 bits per heavy atom. The Kier molecular flexibility index (Phi) is 5.12. The van der Waals surface area contributed by atoms with Gasteiger partial charge < -0.3 is 5.32 Å². The summed E-state index contributed by atoms with van der Waals surface area (Å²) >= 11 is 0. The maximum Gasteiger partial charge on any atom is 0.149 e. The predicted molar refractivity (Wildman–Crippen MR) is 58.4 cm³/mol. The zero-order chi connectivity index (χ0) is 10.4. The van der Waals surface area contributed by atoms with Crippen molar-refractivity contribution >= 4 is 5.78 Å². The average Bonchev–Trinajstić information content (AvgIpc) is 2.45. The van der Waals surface area contributed by atoms with Crippen LogP contribution in [0.15, 0.2) is 0 Å². The van der Waals surface area contributed by atoms with Crippen molar-refractivity contribution in [1.29, 1.82) is 0 Å². The summed E-state index contributed by atoms with van der Waals surface area (Å²) in [5.74, 6) is 0.626. The minimum Gasteiger partial charge on any atom is -0.315 e. The molecule has 0 amide bonds. The van der Waals surface area contributed by atoms with Gasteiger partial charge in [0.15, 0.2) is 0 Å². The van der Waals surface area contributed by atoms with Crippen molar-refractivity contribution in [1.82, 2.24) is 10.2 Å². The van der Waals surface area contributed by atoms with E-state index in [0.29, 0.717) is 12.3 Å². The van der Waals surface area contributed by atoms with Crippen LogP contribution >= 0.6 is 0 Å². The SMILES string of the molecule is CCC(C)C(=O)CN1CCCNCC1. The maximum absolute atomic E-state index is 11.7. The van der Waals surface area contributed by atoms with Crippen LogP contribution in [0.5, 0.6) is 0 Å². The first kappa shape index (κ1) is 11.7. The summed E-state index contributed by atoms with van der Waals surface area (Å²) in [6.45, 7) is 8.95. The Labute approximate surface area is 86.9 Å². The van der Waals surface area contributed by atoms with Crippen LogP contribution in [0.1, 0.15) is 26.7 Å². The van der Waals surface area contributed by atoms with Gasteiger partial charge in [-0.25, -0.2) is 0 Å². The van der Waals surface area contributed by atoms with E-state index in [1.54, 1.807) is 0 Å².